The summed E-state index contributed by atoms with van der Waals surface area (Å²) in [4.78, 5) is 0. The normalized spacial score (nSPS) is 29.1. The van der Waals surface area contributed by atoms with E-state index in [0.717, 1.165) is 18.2 Å². The van der Waals surface area contributed by atoms with Crippen LogP contribution in [-0.2, 0) is 0 Å². The summed E-state index contributed by atoms with van der Waals surface area (Å²) in [7, 11) is 0. The van der Waals surface area contributed by atoms with Crippen molar-refractivity contribution in [3.05, 3.63) is 0 Å². The Kier molecular flexibility index (Phi) is 5.83. The van der Waals surface area contributed by atoms with Gasteiger partial charge in [-0.25, -0.2) is 0 Å². The summed E-state index contributed by atoms with van der Waals surface area (Å²) in [6, 6.07) is 0.690. The number of rotatable bonds is 5. The first-order valence-corrected chi connectivity index (χ1v) is 6.54. The molecule has 0 aliphatic heterocycles. The van der Waals surface area contributed by atoms with E-state index in [4.69, 9.17) is 5.11 Å². The molecule has 1 rings (SSSR count). The van der Waals surface area contributed by atoms with Crippen molar-refractivity contribution in [2.24, 2.45) is 0 Å². The highest BCUT2D eigenvalue weighted by Crippen LogP contribution is 2.26. The Hall–Kier alpha value is 0.270. The topological polar surface area (TPSA) is 32.3 Å². The van der Waals surface area contributed by atoms with Crippen LogP contribution >= 0.6 is 11.8 Å². The summed E-state index contributed by atoms with van der Waals surface area (Å²) < 4.78 is 0. The molecule has 0 spiro atoms. The molecule has 2 unspecified atom stereocenters. The van der Waals surface area contributed by atoms with E-state index in [9.17, 15) is 0 Å². The molecule has 0 amide bonds. The van der Waals surface area contributed by atoms with Crippen molar-refractivity contribution in [1.29, 1.82) is 0 Å². The van der Waals surface area contributed by atoms with Gasteiger partial charge >= 0.3 is 0 Å². The molecule has 3 heteroatoms. The number of aliphatic hydroxyl groups excluding tert-OH is 1. The van der Waals surface area contributed by atoms with Crippen LogP contribution in [0, 0.1) is 0 Å². The average molecular weight is 203 g/mol. The Labute approximate surface area is 85.5 Å². The first-order valence-electron chi connectivity index (χ1n) is 5.25. The molecule has 78 valence electrons. The van der Waals surface area contributed by atoms with Crippen LogP contribution in [0.3, 0.4) is 0 Å². The third-order valence-electron chi connectivity index (χ3n) is 2.75. The molecule has 1 saturated carbocycles. The maximum atomic E-state index is 8.67. The molecular formula is C10H21NOS. The highest BCUT2D eigenvalue weighted by atomic mass is 32.2. The zero-order valence-corrected chi connectivity index (χ0v) is 9.28. The minimum absolute atomic E-state index is 0.309. The van der Waals surface area contributed by atoms with Crippen molar-refractivity contribution in [3.8, 4) is 0 Å². The Morgan fingerprint density at radius 1 is 1.38 bits per heavy atom. The molecule has 0 heterocycles. The van der Waals surface area contributed by atoms with Gasteiger partial charge in [-0.2, -0.15) is 11.8 Å². The summed E-state index contributed by atoms with van der Waals surface area (Å²) in [6.45, 7) is 1.28. The molecule has 1 aliphatic rings. The number of hydrogen-bond acceptors (Lipinski definition) is 3. The van der Waals surface area contributed by atoms with Gasteiger partial charge in [-0.05, 0) is 32.1 Å². The van der Waals surface area contributed by atoms with Gasteiger partial charge in [-0.15, -0.1) is 0 Å². The van der Waals surface area contributed by atoms with Crippen molar-refractivity contribution in [2.75, 3.05) is 19.4 Å². The lowest BCUT2D eigenvalue weighted by Crippen LogP contribution is -2.40. The standard InChI is InChI=1S/C10H21NOS/c1-13-10-6-3-2-5-9(10)11-7-4-8-12/h9-12H,2-8H2,1H3. The smallest absolute Gasteiger partial charge is 0.0443 e. The lowest BCUT2D eigenvalue weighted by Gasteiger charge is -2.31. The Morgan fingerprint density at radius 2 is 2.15 bits per heavy atom. The Bertz CT molecular complexity index is 132. The second kappa shape index (κ2) is 6.68. The molecule has 1 fully saturated rings. The Balaban J connectivity index is 2.19. The number of thioether (sulfide) groups is 1. The largest absolute Gasteiger partial charge is 0.396 e. The predicted molar refractivity (Wildman–Crippen MR) is 59.3 cm³/mol. The second-order valence-corrected chi connectivity index (χ2v) is 4.77. The summed E-state index contributed by atoms with van der Waals surface area (Å²) >= 11 is 1.99. The molecule has 2 nitrogen and oxygen atoms in total. The fourth-order valence-corrected chi connectivity index (χ4v) is 2.94. The van der Waals surface area contributed by atoms with Crippen LogP contribution in [-0.4, -0.2) is 35.8 Å². The lowest BCUT2D eigenvalue weighted by atomic mass is 9.95. The third kappa shape index (κ3) is 3.88. The molecule has 0 aromatic carbocycles. The minimum Gasteiger partial charge on any atom is -0.396 e. The van der Waals surface area contributed by atoms with Gasteiger partial charge in [0.15, 0.2) is 0 Å². The van der Waals surface area contributed by atoms with Gasteiger partial charge < -0.3 is 10.4 Å². The minimum atomic E-state index is 0.309. The molecular weight excluding hydrogens is 182 g/mol. The van der Waals surface area contributed by atoms with E-state index in [1.54, 1.807) is 0 Å². The van der Waals surface area contributed by atoms with Crippen molar-refractivity contribution in [2.45, 2.75) is 43.4 Å². The van der Waals surface area contributed by atoms with E-state index >= 15 is 0 Å². The molecule has 2 atom stereocenters. The monoisotopic (exact) mass is 203 g/mol. The average Bonchev–Trinajstić information content (AvgIpc) is 2.19. The summed E-state index contributed by atoms with van der Waals surface area (Å²) in [5.41, 5.74) is 0. The summed E-state index contributed by atoms with van der Waals surface area (Å²) in [5, 5.41) is 13.0. The highest BCUT2D eigenvalue weighted by Gasteiger charge is 2.23. The van der Waals surface area contributed by atoms with Gasteiger partial charge in [0.05, 0.1) is 0 Å². The van der Waals surface area contributed by atoms with Gasteiger partial charge in [0.25, 0.3) is 0 Å². The van der Waals surface area contributed by atoms with Crippen LogP contribution in [0.1, 0.15) is 32.1 Å². The summed E-state index contributed by atoms with van der Waals surface area (Å²) in [5.74, 6) is 0. The third-order valence-corrected chi connectivity index (χ3v) is 3.92. The SMILES string of the molecule is CSC1CCCCC1NCCCO. The molecule has 0 radical (unpaired) electrons. The quantitative estimate of drug-likeness (QED) is 0.666. The molecule has 1 aliphatic carbocycles. The van der Waals surface area contributed by atoms with Gasteiger partial charge in [0.1, 0.15) is 0 Å². The maximum absolute atomic E-state index is 8.67. The fraction of sp³-hybridized carbons (Fsp3) is 1.00. The molecule has 0 saturated heterocycles. The van der Waals surface area contributed by atoms with Crippen LogP contribution in [0.4, 0.5) is 0 Å². The highest BCUT2D eigenvalue weighted by molar-refractivity contribution is 7.99. The predicted octanol–water partition coefficient (Wildman–Crippen LogP) is 1.63. The van der Waals surface area contributed by atoms with Crippen molar-refractivity contribution in [1.82, 2.24) is 5.32 Å². The van der Waals surface area contributed by atoms with Crippen LogP contribution < -0.4 is 5.32 Å². The Morgan fingerprint density at radius 3 is 2.85 bits per heavy atom. The fourth-order valence-electron chi connectivity index (χ4n) is 1.98. The van der Waals surface area contributed by atoms with Crippen LogP contribution in [0.5, 0.6) is 0 Å². The van der Waals surface area contributed by atoms with Crippen LogP contribution in [0.15, 0.2) is 0 Å². The van der Waals surface area contributed by atoms with E-state index < -0.39 is 0 Å². The van der Waals surface area contributed by atoms with Crippen molar-refractivity contribution < 1.29 is 5.11 Å². The zero-order valence-electron chi connectivity index (χ0n) is 8.46. The van der Waals surface area contributed by atoms with Gasteiger partial charge in [-0.1, -0.05) is 12.8 Å². The van der Waals surface area contributed by atoms with Gasteiger partial charge in [0, 0.05) is 17.9 Å². The van der Waals surface area contributed by atoms with E-state index in [-0.39, 0.29) is 0 Å². The zero-order chi connectivity index (χ0) is 9.52. The number of hydrogen-bond donors (Lipinski definition) is 2. The van der Waals surface area contributed by atoms with Gasteiger partial charge in [0.2, 0.25) is 0 Å². The molecule has 0 aromatic rings. The lowest BCUT2D eigenvalue weighted by molar-refractivity contribution is 0.278. The van der Waals surface area contributed by atoms with E-state index in [1.165, 1.54) is 25.7 Å². The van der Waals surface area contributed by atoms with Crippen molar-refractivity contribution in [3.63, 3.8) is 0 Å². The van der Waals surface area contributed by atoms with Gasteiger partial charge in [-0.3, -0.25) is 0 Å². The second-order valence-electron chi connectivity index (χ2n) is 3.70. The number of nitrogens with one attached hydrogen (secondary N) is 1. The van der Waals surface area contributed by atoms with E-state index in [0.29, 0.717) is 12.6 Å². The molecule has 0 aromatic heterocycles. The molecule has 0 bridgehead atoms. The van der Waals surface area contributed by atoms with E-state index in [2.05, 4.69) is 11.6 Å². The summed E-state index contributed by atoms with van der Waals surface area (Å²) in [6.07, 6.45) is 8.53. The molecule has 2 N–H and O–H groups in total. The number of aliphatic hydroxyl groups is 1. The van der Waals surface area contributed by atoms with Crippen LogP contribution in [0.2, 0.25) is 0 Å². The van der Waals surface area contributed by atoms with Crippen molar-refractivity contribution >= 4 is 11.8 Å². The first kappa shape index (κ1) is 11.3. The maximum Gasteiger partial charge on any atom is 0.0443 e. The van der Waals surface area contributed by atoms with E-state index in [1.807, 2.05) is 11.8 Å². The molecule has 13 heavy (non-hydrogen) atoms. The van der Waals surface area contributed by atoms with Crippen LogP contribution in [0.25, 0.3) is 0 Å². The first-order chi connectivity index (χ1) is 6.38.